The molecule has 1 amide bonds. The van der Waals surface area contributed by atoms with Crippen molar-refractivity contribution in [2.24, 2.45) is 5.92 Å². The summed E-state index contributed by atoms with van der Waals surface area (Å²) in [6.07, 6.45) is 0.889. The van der Waals surface area contributed by atoms with E-state index in [-0.39, 0.29) is 35.8 Å². The van der Waals surface area contributed by atoms with Gasteiger partial charge in [-0.05, 0) is 57.9 Å². The molecule has 8 nitrogen and oxygen atoms in total. The second-order valence-electron chi connectivity index (χ2n) is 9.20. The van der Waals surface area contributed by atoms with Crippen LogP contribution in [0.15, 0.2) is 42.5 Å². The van der Waals surface area contributed by atoms with Crippen LogP contribution in [0.3, 0.4) is 0 Å². The van der Waals surface area contributed by atoms with E-state index in [9.17, 15) is 9.90 Å². The van der Waals surface area contributed by atoms with Gasteiger partial charge in [-0.25, -0.2) is 10.9 Å². The van der Waals surface area contributed by atoms with Crippen molar-refractivity contribution in [1.29, 1.82) is 0 Å². The molecular formula is C27H37N3O5. The van der Waals surface area contributed by atoms with E-state index in [0.717, 1.165) is 17.5 Å². The first-order valence-electron chi connectivity index (χ1n) is 12.6. The molecule has 4 rings (SSSR count). The van der Waals surface area contributed by atoms with Crippen molar-refractivity contribution < 1.29 is 24.1 Å². The first-order chi connectivity index (χ1) is 17.0. The molecule has 2 fully saturated rings. The maximum absolute atomic E-state index is 13.6. The number of hydrogen-bond acceptors (Lipinski definition) is 7. The number of nitrogens with zero attached hydrogens (tertiary/aromatic N) is 1. The highest BCUT2D eigenvalue weighted by Crippen LogP contribution is 2.49. The fraction of sp³-hybridized carbons (Fsp3) is 0.519. The van der Waals surface area contributed by atoms with Gasteiger partial charge >= 0.3 is 0 Å². The number of nitrogens with one attached hydrogen (secondary N) is 2. The second kappa shape index (κ2) is 11.3. The van der Waals surface area contributed by atoms with E-state index in [1.54, 1.807) is 12.1 Å². The van der Waals surface area contributed by atoms with Gasteiger partial charge in [0, 0.05) is 24.6 Å². The van der Waals surface area contributed by atoms with Crippen LogP contribution in [0.5, 0.6) is 17.2 Å². The number of rotatable bonds is 11. The monoisotopic (exact) mass is 483 g/mol. The number of hydrazine groups is 1. The Bertz CT molecular complexity index is 1010. The summed E-state index contributed by atoms with van der Waals surface area (Å²) in [5.74, 6) is 1.49. The number of aromatic hydroxyl groups is 1. The maximum Gasteiger partial charge on any atom is 0.242 e. The quantitative estimate of drug-likeness (QED) is 0.420. The van der Waals surface area contributed by atoms with Crippen LogP contribution in [0, 0.1) is 5.92 Å². The van der Waals surface area contributed by atoms with Crippen LogP contribution < -0.4 is 20.3 Å². The van der Waals surface area contributed by atoms with Crippen LogP contribution in [0.1, 0.15) is 57.3 Å². The van der Waals surface area contributed by atoms with Gasteiger partial charge in [0.15, 0.2) is 11.5 Å². The zero-order chi connectivity index (χ0) is 24.9. The van der Waals surface area contributed by atoms with Gasteiger partial charge in [-0.15, -0.1) is 0 Å². The van der Waals surface area contributed by atoms with E-state index in [0.29, 0.717) is 37.9 Å². The molecule has 4 unspecified atom stereocenters. The Balaban J connectivity index is 1.71. The summed E-state index contributed by atoms with van der Waals surface area (Å²) in [5.41, 5.74) is 8.25. The standard InChI is InChI=1S/C27H37N3O5/c1-5-33-21-13-12-18(16-22(21)34-6-2)26-23-24(19-10-7-8-11-20(19)31)28-29-25(23)27(32)30(26)14-9-15-35-17(3)4/h7-8,10-13,16-17,23-26,28-29,31H,5-6,9,14-15H2,1-4H3. The summed E-state index contributed by atoms with van der Waals surface area (Å²) in [6.45, 7) is 10.1. The van der Waals surface area contributed by atoms with E-state index in [4.69, 9.17) is 14.2 Å². The normalized spacial score (nSPS) is 23.7. The fourth-order valence-electron chi connectivity index (χ4n) is 5.17. The molecule has 2 aromatic rings. The van der Waals surface area contributed by atoms with Gasteiger partial charge in [0.05, 0.1) is 31.4 Å². The predicted molar refractivity (Wildman–Crippen MR) is 133 cm³/mol. The molecule has 2 aliphatic rings. The molecular weight excluding hydrogens is 446 g/mol. The Kier molecular flexibility index (Phi) is 8.15. The van der Waals surface area contributed by atoms with Crippen molar-refractivity contribution in [3.63, 3.8) is 0 Å². The van der Waals surface area contributed by atoms with E-state index in [2.05, 4.69) is 10.9 Å². The lowest BCUT2D eigenvalue weighted by atomic mass is 9.83. The minimum Gasteiger partial charge on any atom is -0.508 e. The molecule has 0 aliphatic carbocycles. The van der Waals surface area contributed by atoms with E-state index < -0.39 is 6.04 Å². The number of phenolic OH excluding ortho intramolecular Hbond substituents is 1. The Morgan fingerprint density at radius 2 is 1.71 bits per heavy atom. The van der Waals surface area contributed by atoms with E-state index >= 15 is 0 Å². The molecule has 35 heavy (non-hydrogen) atoms. The molecule has 2 aliphatic heterocycles. The summed E-state index contributed by atoms with van der Waals surface area (Å²) in [4.78, 5) is 15.6. The minimum absolute atomic E-state index is 0.0433. The van der Waals surface area contributed by atoms with Gasteiger partial charge in [-0.3, -0.25) is 4.79 Å². The third-order valence-electron chi connectivity index (χ3n) is 6.59. The molecule has 0 spiro atoms. The number of benzene rings is 2. The average molecular weight is 484 g/mol. The molecule has 0 bridgehead atoms. The molecule has 3 N–H and O–H groups in total. The topological polar surface area (TPSA) is 92.3 Å². The largest absolute Gasteiger partial charge is 0.508 e. The van der Waals surface area contributed by atoms with Crippen molar-refractivity contribution in [2.45, 2.75) is 58.3 Å². The molecule has 190 valence electrons. The highest BCUT2D eigenvalue weighted by molar-refractivity contribution is 5.86. The molecule has 0 saturated carbocycles. The lowest BCUT2D eigenvalue weighted by Gasteiger charge is -2.32. The number of hydrogen-bond donors (Lipinski definition) is 3. The van der Waals surface area contributed by atoms with Crippen LogP contribution in [0.4, 0.5) is 0 Å². The predicted octanol–water partition coefficient (Wildman–Crippen LogP) is 3.72. The Hall–Kier alpha value is -2.81. The third kappa shape index (κ3) is 5.24. The Morgan fingerprint density at radius 3 is 2.43 bits per heavy atom. The second-order valence-corrected chi connectivity index (χ2v) is 9.20. The zero-order valence-electron chi connectivity index (χ0n) is 21.0. The van der Waals surface area contributed by atoms with Crippen molar-refractivity contribution >= 4 is 5.91 Å². The van der Waals surface area contributed by atoms with Crippen LogP contribution in [-0.2, 0) is 9.53 Å². The van der Waals surface area contributed by atoms with Crippen molar-refractivity contribution in [3.05, 3.63) is 53.6 Å². The van der Waals surface area contributed by atoms with Crippen LogP contribution in [0.2, 0.25) is 0 Å². The average Bonchev–Trinajstić information content (AvgIpc) is 3.37. The molecule has 0 aromatic heterocycles. The molecule has 0 radical (unpaired) electrons. The lowest BCUT2D eigenvalue weighted by Crippen LogP contribution is -2.41. The number of ether oxygens (including phenoxy) is 3. The summed E-state index contributed by atoms with van der Waals surface area (Å²) >= 11 is 0. The van der Waals surface area contributed by atoms with Crippen molar-refractivity contribution in [1.82, 2.24) is 15.8 Å². The van der Waals surface area contributed by atoms with Gasteiger partial charge in [-0.1, -0.05) is 24.3 Å². The summed E-state index contributed by atoms with van der Waals surface area (Å²) in [5, 5.41) is 10.6. The molecule has 4 atom stereocenters. The summed E-state index contributed by atoms with van der Waals surface area (Å²) in [6, 6.07) is 12.4. The highest BCUT2D eigenvalue weighted by atomic mass is 16.5. The number of para-hydroxylation sites is 1. The number of likely N-dealkylation sites (tertiary alicyclic amines) is 1. The lowest BCUT2D eigenvalue weighted by molar-refractivity contribution is -0.131. The smallest absolute Gasteiger partial charge is 0.242 e. The van der Waals surface area contributed by atoms with Crippen LogP contribution in [0.25, 0.3) is 0 Å². The molecule has 2 aromatic carbocycles. The maximum atomic E-state index is 13.6. The van der Waals surface area contributed by atoms with Crippen molar-refractivity contribution in [2.75, 3.05) is 26.4 Å². The van der Waals surface area contributed by atoms with Gasteiger partial charge in [0.25, 0.3) is 0 Å². The van der Waals surface area contributed by atoms with Gasteiger partial charge in [0.2, 0.25) is 5.91 Å². The first kappa shape index (κ1) is 25.3. The summed E-state index contributed by atoms with van der Waals surface area (Å²) in [7, 11) is 0. The number of phenols is 1. The molecule has 2 saturated heterocycles. The highest BCUT2D eigenvalue weighted by Gasteiger charge is 2.55. The first-order valence-corrected chi connectivity index (χ1v) is 12.6. The third-order valence-corrected chi connectivity index (χ3v) is 6.59. The Labute approximate surface area is 207 Å². The van der Waals surface area contributed by atoms with Crippen molar-refractivity contribution in [3.8, 4) is 17.2 Å². The zero-order valence-corrected chi connectivity index (χ0v) is 21.0. The number of fused-ring (bicyclic) bond motifs is 1. The fourth-order valence-corrected chi connectivity index (χ4v) is 5.17. The minimum atomic E-state index is -0.405. The van der Waals surface area contributed by atoms with Gasteiger partial charge in [-0.2, -0.15) is 0 Å². The Morgan fingerprint density at radius 1 is 1.00 bits per heavy atom. The van der Waals surface area contributed by atoms with E-state index in [1.807, 2.05) is 62.9 Å². The van der Waals surface area contributed by atoms with Crippen LogP contribution in [-0.4, -0.2) is 54.4 Å². The number of carbonyl (C=O) groups is 1. The molecule has 2 heterocycles. The number of carbonyl (C=O) groups excluding carboxylic acids is 1. The molecule has 8 heteroatoms. The van der Waals surface area contributed by atoms with Gasteiger partial charge < -0.3 is 24.2 Å². The summed E-state index contributed by atoms with van der Waals surface area (Å²) < 4.78 is 17.4. The SMILES string of the molecule is CCOc1ccc(C2C3C(NNC3c3ccccc3O)C(=O)N2CCCOC(C)C)cc1OCC. The van der Waals surface area contributed by atoms with E-state index in [1.165, 1.54) is 0 Å². The van der Waals surface area contributed by atoms with Crippen LogP contribution >= 0.6 is 0 Å². The van der Waals surface area contributed by atoms with Gasteiger partial charge in [0.1, 0.15) is 11.8 Å². The number of amides is 1.